The molecule has 0 fully saturated rings. The first-order valence-corrected chi connectivity index (χ1v) is 8.11. The molecule has 2 aromatic carbocycles. The summed E-state index contributed by atoms with van der Waals surface area (Å²) in [6.45, 7) is 3.42. The van der Waals surface area contributed by atoms with E-state index in [2.05, 4.69) is 4.90 Å². The second-order valence-corrected chi connectivity index (χ2v) is 5.92. The van der Waals surface area contributed by atoms with Crippen LogP contribution in [-0.2, 0) is 6.54 Å². The zero-order chi connectivity index (χ0) is 16.9. The first-order valence-electron chi connectivity index (χ1n) is 8.11. The summed E-state index contributed by atoms with van der Waals surface area (Å²) in [6.07, 6.45) is 0.674. The van der Waals surface area contributed by atoms with E-state index in [4.69, 9.17) is 4.42 Å². The molecule has 0 spiro atoms. The molecule has 1 heterocycles. The summed E-state index contributed by atoms with van der Waals surface area (Å²) >= 11 is 0. The molecule has 4 heteroatoms. The average Bonchev–Trinajstić information content (AvgIpc) is 2.58. The van der Waals surface area contributed by atoms with Gasteiger partial charge in [-0.05, 0) is 42.7 Å². The van der Waals surface area contributed by atoms with E-state index in [0.29, 0.717) is 25.1 Å². The van der Waals surface area contributed by atoms with Gasteiger partial charge >= 0.3 is 5.63 Å². The third-order valence-electron chi connectivity index (χ3n) is 4.05. The number of fused-ring (bicyclic) bond motifs is 1. The number of para-hydroxylation sites is 1. The van der Waals surface area contributed by atoms with Gasteiger partial charge in [0.05, 0.1) is 0 Å². The summed E-state index contributed by atoms with van der Waals surface area (Å²) in [5.41, 5.74) is 3.34. The number of aliphatic hydroxyl groups is 1. The maximum atomic E-state index is 11.9. The van der Waals surface area contributed by atoms with Crippen molar-refractivity contribution in [2.45, 2.75) is 19.9 Å². The molecule has 0 aliphatic rings. The lowest BCUT2D eigenvalue weighted by molar-refractivity contribution is 0.289. The van der Waals surface area contributed by atoms with E-state index in [0.717, 1.165) is 22.2 Å². The van der Waals surface area contributed by atoms with Crippen LogP contribution in [0, 0.1) is 6.92 Å². The molecular formula is C20H21NO3. The number of anilines is 1. The number of aryl methyl sites for hydroxylation is 1. The van der Waals surface area contributed by atoms with Crippen LogP contribution in [0.4, 0.5) is 5.69 Å². The molecule has 0 saturated heterocycles. The van der Waals surface area contributed by atoms with Gasteiger partial charge in [-0.1, -0.05) is 30.3 Å². The fourth-order valence-corrected chi connectivity index (χ4v) is 2.87. The molecule has 24 heavy (non-hydrogen) atoms. The van der Waals surface area contributed by atoms with Gasteiger partial charge in [-0.25, -0.2) is 4.79 Å². The smallest absolute Gasteiger partial charge is 0.336 e. The van der Waals surface area contributed by atoms with Crippen LogP contribution in [0.3, 0.4) is 0 Å². The van der Waals surface area contributed by atoms with Crippen LogP contribution in [0.2, 0.25) is 0 Å². The molecule has 3 rings (SSSR count). The summed E-state index contributed by atoms with van der Waals surface area (Å²) in [7, 11) is 0. The zero-order valence-electron chi connectivity index (χ0n) is 13.7. The van der Waals surface area contributed by atoms with Crippen molar-refractivity contribution in [2.24, 2.45) is 0 Å². The number of benzene rings is 2. The molecule has 0 aliphatic heterocycles. The Morgan fingerprint density at radius 1 is 1.08 bits per heavy atom. The molecule has 3 aromatic rings. The minimum atomic E-state index is -0.335. The highest BCUT2D eigenvalue weighted by molar-refractivity contribution is 5.81. The minimum absolute atomic E-state index is 0.139. The van der Waals surface area contributed by atoms with Gasteiger partial charge in [0, 0.05) is 36.8 Å². The molecule has 0 atom stereocenters. The summed E-state index contributed by atoms with van der Waals surface area (Å²) in [5, 5.41) is 10.1. The molecular weight excluding hydrogens is 302 g/mol. The number of hydrogen-bond acceptors (Lipinski definition) is 4. The van der Waals surface area contributed by atoms with Crippen molar-refractivity contribution >= 4 is 16.7 Å². The largest absolute Gasteiger partial charge is 0.423 e. The number of rotatable bonds is 6. The normalized spacial score (nSPS) is 10.9. The number of nitrogens with zero attached hydrogens (tertiary/aromatic N) is 1. The highest BCUT2D eigenvalue weighted by atomic mass is 16.4. The maximum absolute atomic E-state index is 11.9. The minimum Gasteiger partial charge on any atom is -0.423 e. The molecule has 0 unspecified atom stereocenters. The molecule has 1 aromatic heterocycles. The van der Waals surface area contributed by atoms with Crippen LogP contribution in [0.15, 0.2) is 63.8 Å². The van der Waals surface area contributed by atoms with E-state index in [9.17, 15) is 9.90 Å². The highest BCUT2D eigenvalue weighted by Gasteiger charge is 2.11. The number of hydrogen-bond donors (Lipinski definition) is 1. The van der Waals surface area contributed by atoms with E-state index in [-0.39, 0.29) is 12.2 Å². The first-order chi connectivity index (χ1) is 11.7. The van der Waals surface area contributed by atoms with Gasteiger partial charge < -0.3 is 14.4 Å². The predicted octanol–water partition coefficient (Wildman–Crippen LogP) is 3.49. The maximum Gasteiger partial charge on any atom is 0.336 e. The Morgan fingerprint density at radius 3 is 2.62 bits per heavy atom. The van der Waals surface area contributed by atoms with E-state index < -0.39 is 0 Å². The van der Waals surface area contributed by atoms with Gasteiger partial charge in [-0.2, -0.15) is 0 Å². The number of aliphatic hydroxyl groups excluding tert-OH is 1. The Labute approximate surface area is 141 Å². The fraction of sp³-hybridized carbons (Fsp3) is 0.250. The monoisotopic (exact) mass is 323 g/mol. The topological polar surface area (TPSA) is 53.7 Å². The van der Waals surface area contributed by atoms with Crippen molar-refractivity contribution in [3.8, 4) is 0 Å². The lowest BCUT2D eigenvalue weighted by Crippen LogP contribution is -2.25. The molecule has 0 amide bonds. The SMILES string of the molecule is Cc1ccc2c(CN(CCCO)c3ccccc3)cc(=O)oc2c1. The third kappa shape index (κ3) is 3.66. The third-order valence-corrected chi connectivity index (χ3v) is 4.05. The standard InChI is InChI=1S/C20H21NO3/c1-15-8-9-18-16(13-20(23)24-19(18)12-15)14-21(10-5-11-22)17-6-3-2-4-7-17/h2-4,6-9,12-13,22H,5,10-11,14H2,1H3. The van der Waals surface area contributed by atoms with Crippen molar-refractivity contribution in [1.82, 2.24) is 0 Å². The summed E-state index contributed by atoms with van der Waals surface area (Å²) in [5.74, 6) is 0. The van der Waals surface area contributed by atoms with E-state index >= 15 is 0 Å². The average molecular weight is 323 g/mol. The van der Waals surface area contributed by atoms with E-state index in [1.54, 1.807) is 6.07 Å². The van der Waals surface area contributed by atoms with Gasteiger partial charge in [0.2, 0.25) is 0 Å². The van der Waals surface area contributed by atoms with Crippen LogP contribution in [-0.4, -0.2) is 18.3 Å². The van der Waals surface area contributed by atoms with Crippen molar-refractivity contribution in [1.29, 1.82) is 0 Å². The Balaban J connectivity index is 2.00. The quantitative estimate of drug-likeness (QED) is 0.706. The molecule has 124 valence electrons. The van der Waals surface area contributed by atoms with Gasteiger partial charge in [0.25, 0.3) is 0 Å². The van der Waals surface area contributed by atoms with Gasteiger partial charge in [0.15, 0.2) is 0 Å². The van der Waals surface area contributed by atoms with E-state index in [1.165, 1.54) is 0 Å². The van der Waals surface area contributed by atoms with Crippen LogP contribution in [0.5, 0.6) is 0 Å². The lowest BCUT2D eigenvalue weighted by atomic mass is 10.1. The van der Waals surface area contributed by atoms with Crippen LogP contribution >= 0.6 is 0 Å². The Bertz CT molecular complexity index is 871. The second-order valence-electron chi connectivity index (χ2n) is 5.92. The Kier molecular flexibility index (Phi) is 4.96. The first kappa shape index (κ1) is 16.3. The molecule has 4 nitrogen and oxygen atoms in total. The zero-order valence-corrected chi connectivity index (χ0v) is 13.7. The predicted molar refractivity (Wildman–Crippen MR) is 96.4 cm³/mol. The molecule has 0 aliphatic carbocycles. The van der Waals surface area contributed by atoms with Crippen molar-refractivity contribution in [3.05, 3.63) is 76.1 Å². The molecule has 0 bridgehead atoms. The fourth-order valence-electron chi connectivity index (χ4n) is 2.87. The molecule has 0 radical (unpaired) electrons. The van der Waals surface area contributed by atoms with Crippen molar-refractivity contribution < 1.29 is 9.52 Å². The van der Waals surface area contributed by atoms with Crippen molar-refractivity contribution in [2.75, 3.05) is 18.1 Å². The van der Waals surface area contributed by atoms with E-state index in [1.807, 2.05) is 55.5 Å². The van der Waals surface area contributed by atoms with Crippen LogP contribution in [0.1, 0.15) is 17.5 Å². The van der Waals surface area contributed by atoms with Gasteiger partial charge in [0.1, 0.15) is 5.58 Å². The highest BCUT2D eigenvalue weighted by Crippen LogP contribution is 2.23. The lowest BCUT2D eigenvalue weighted by Gasteiger charge is -2.25. The van der Waals surface area contributed by atoms with Crippen molar-refractivity contribution in [3.63, 3.8) is 0 Å². The molecule has 0 saturated carbocycles. The Hall–Kier alpha value is -2.59. The summed E-state index contributed by atoms with van der Waals surface area (Å²) < 4.78 is 5.34. The van der Waals surface area contributed by atoms with Crippen LogP contribution in [0.25, 0.3) is 11.0 Å². The molecule has 1 N–H and O–H groups in total. The van der Waals surface area contributed by atoms with Gasteiger partial charge in [-0.15, -0.1) is 0 Å². The summed E-state index contributed by atoms with van der Waals surface area (Å²) in [6, 6.07) is 17.5. The Morgan fingerprint density at radius 2 is 1.88 bits per heavy atom. The summed E-state index contributed by atoms with van der Waals surface area (Å²) in [4.78, 5) is 14.1. The van der Waals surface area contributed by atoms with Crippen LogP contribution < -0.4 is 10.5 Å². The second kappa shape index (κ2) is 7.32. The van der Waals surface area contributed by atoms with Gasteiger partial charge in [-0.3, -0.25) is 0 Å².